The van der Waals surface area contributed by atoms with E-state index < -0.39 is 186 Å². The first kappa shape index (κ1) is 96.1. The lowest BCUT2D eigenvalue weighted by atomic mass is 9.83. The van der Waals surface area contributed by atoms with Crippen molar-refractivity contribution in [3.63, 3.8) is 0 Å². The van der Waals surface area contributed by atoms with Crippen molar-refractivity contribution in [2.24, 2.45) is 29.6 Å². The van der Waals surface area contributed by atoms with Gasteiger partial charge in [-0.15, -0.1) is 0 Å². The van der Waals surface area contributed by atoms with E-state index in [1.54, 1.807) is 83.2 Å². The Morgan fingerprint density at radius 1 is 0.793 bits per heavy atom. The molecule has 11 atom stereocenters. The monoisotopic (exact) mass is 1680 g/mol. The fraction of sp³-hybridized carbons (Fsp3) is 0.593. The third kappa shape index (κ3) is 28.5. The van der Waals surface area contributed by atoms with Gasteiger partial charge in [-0.3, -0.25) is 43.7 Å². The molecule has 4 bridgehead atoms. The average Bonchev–Trinajstić information content (AvgIpc) is 1.57. The average molecular weight is 1690 g/mol. The van der Waals surface area contributed by atoms with E-state index in [2.05, 4.69) is 26.6 Å². The van der Waals surface area contributed by atoms with Gasteiger partial charge >= 0.3 is 18.2 Å². The van der Waals surface area contributed by atoms with Crippen LogP contribution in [0.2, 0.25) is 5.02 Å². The summed E-state index contributed by atoms with van der Waals surface area (Å²) in [7, 11) is 2.01. The number of ether oxygens (including phenoxy) is 9. The Bertz CT molecular complexity index is 4200. The SMILES string of the molecule is COCCNC(=O)[C@H](CCC(=O)N[C@H](C(=O)C[C@@H](C)C(=O)Nc1ccc(COC(=O)NCCCCCC(=O)N(C)[C@@H](C)C(=O)O[C@H]2CC(=O)N(C)c3cc(cc(OC)c3Cl)C/C(C)=C/C=C/[C@@H](OC)[C@@]3(O)CC(OC(=O)N3)[C@@H](C)[C@@H]3O[C@@]23C)cc1)C(C)C)CC(=O)c1ccc(C(=O)C(CS(=O)(=O)CCOC)CS(=O)(=O)CCOC)cc1. The Hall–Kier alpha value is -8.74. The second-order valence-electron chi connectivity index (χ2n) is 30.3. The maximum Gasteiger partial charge on any atom is 0.409 e. The van der Waals surface area contributed by atoms with Crippen LogP contribution in [-0.2, 0) is 104 Å². The van der Waals surface area contributed by atoms with Gasteiger partial charge in [0.05, 0.1) is 80.1 Å². The van der Waals surface area contributed by atoms with Crippen molar-refractivity contribution >= 4 is 108 Å². The third-order valence-electron chi connectivity index (χ3n) is 20.8. The standard InChI is InChI=1S/C81H114ClN7O25S2/c1-49(2)72(86-68(92)31-28-58(76(97)83-33-34-106-10)43-62(90)56-24-26-57(27-25-56)73(95)59(47-115(102,103)37-35-107-11)48-116(104,105)38-36-108-12)63(91)40-51(4)75(96)85-60-29-22-54(23-30-60)46-111-78(99)84-32-17-15-16-21-69(93)88(8)53(6)77(98)113-67-44-70(94)89(9)61-41-55(42-64(109-13)71(61)82)39-50(3)19-18-20-66(110-14)81(101)45-65(112-79(100)87-81)52(5)74-80(67,7)114-74/h18-20,22-27,29-30,41-42,49,51-53,58-59,65-67,72,74,101H,15-17,21,28,31-40,43-48H2,1-14H3,(H,83,97)(H,84,99)(H,85,96)(H,86,92)(H,87,100)/b20-18+,50-19+/t51-,52-,53+,58-,65?,66-,67+,72+,74+,80+,81+/m1/s1. The Balaban J connectivity index is 0.945. The molecule has 32 nitrogen and oxygen atoms in total. The zero-order valence-corrected chi connectivity index (χ0v) is 70.9. The number of hydrogen-bond donors (Lipinski definition) is 6. The second-order valence-corrected chi connectivity index (χ2v) is 35.1. The van der Waals surface area contributed by atoms with Gasteiger partial charge in [0.15, 0.2) is 42.7 Å². The molecule has 3 aromatic carbocycles. The number of carbonyl (C=O) groups excluding carboxylic acids is 11. The number of fused-ring (bicyclic) bond motifs is 5. The number of sulfone groups is 2. The normalized spacial score (nSPS) is 21.5. The molecule has 6 rings (SSSR count). The van der Waals surface area contributed by atoms with Gasteiger partial charge in [-0.25, -0.2) is 31.2 Å². The van der Waals surface area contributed by atoms with E-state index in [9.17, 15) is 74.7 Å². The largest absolute Gasteiger partial charge is 0.495 e. The van der Waals surface area contributed by atoms with E-state index in [0.717, 1.165) is 11.1 Å². The maximum atomic E-state index is 14.5. The topological polar surface area (TPSA) is 429 Å². The number of anilines is 2. The molecule has 0 aromatic heterocycles. The number of Topliss-reactive ketones (excluding diaryl/α,β-unsaturated/α-hetero) is 3. The second kappa shape index (κ2) is 44.7. The van der Waals surface area contributed by atoms with E-state index in [-0.39, 0.29) is 100 Å². The number of rotatable bonds is 42. The summed E-state index contributed by atoms with van der Waals surface area (Å²) in [6, 6.07) is 13.0. The molecule has 0 saturated carbocycles. The van der Waals surface area contributed by atoms with Crippen molar-refractivity contribution in [2.75, 3.05) is 116 Å². The lowest BCUT2D eigenvalue weighted by molar-refractivity contribution is -0.162. The zero-order chi connectivity index (χ0) is 86.0. The van der Waals surface area contributed by atoms with Crippen LogP contribution in [0.15, 0.2) is 84.5 Å². The molecule has 1 unspecified atom stereocenters. The molecule has 7 amide bonds. The summed E-state index contributed by atoms with van der Waals surface area (Å²) in [6.07, 6.45) is -0.111. The van der Waals surface area contributed by atoms with Crippen molar-refractivity contribution in [1.29, 1.82) is 0 Å². The minimum Gasteiger partial charge on any atom is -0.495 e. The van der Waals surface area contributed by atoms with E-state index in [1.165, 1.54) is 90.6 Å². The molecule has 116 heavy (non-hydrogen) atoms. The van der Waals surface area contributed by atoms with Gasteiger partial charge in [0.1, 0.15) is 47.3 Å². The molecule has 2 fully saturated rings. The number of aliphatic hydroxyl groups is 1. The number of alkyl carbamates (subject to hydrolysis) is 2. The molecule has 0 spiro atoms. The fourth-order valence-corrected chi connectivity index (χ4v) is 16.9. The van der Waals surface area contributed by atoms with E-state index in [4.69, 9.17) is 54.2 Å². The van der Waals surface area contributed by atoms with Gasteiger partial charge in [-0.1, -0.05) is 106 Å². The number of unbranched alkanes of at least 4 members (excludes halogenated alkanes) is 2. The van der Waals surface area contributed by atoms with Gasteiger partial charge < -0.3 is 78.8 Å². The van der Waals surface area contributed by atoms with Crippen LogP contribution in [-0.4, -0.2) is 245 Å². The molecule has 2 saturated heterocycles. The van der Waals surface area contributed by atoms with Gasteiger partial charge in [-0.05, 0) is 87.8 Å². The number of esters is 1. The predicted molar refractivity (Wildman–Crippen MR) is 430 cm³/mol. The van der Waals surface area contributed by atoms with Gasteiger partial charge in [-0.2, -0.15) is 0 Å². The first-order valence-corrected chi connectivity index (χ1v) is 42.6. The molecule has 35 heteroatoms. The van der Waals surface area contributed by atoms with Crippen LogP contribution < -0.4 is 36.2 Å². The van der Waals surface area contributed by atoms with Crippen LogP contribution in [0.3, 0.4) is 0 Å². The summed E-state index contributed by atoms with van der Waals surface area (Å²) >= 11 is 6.85. The number of nitrogens with zero attached hydrogens (tertiary/aromatic N) is 2. The number of amides is 7. The van der Waals surface area contributed by atoms with Crippen molar-refractivity contribution in [3.8, 4) is 5.75 Å². The van der Waals surface area contributed by atoms with E-state index >= 15 is 0 Å². The smallest absolute Gasteiger partial charge is 0.409 e. The fourth-order valence-electron chi connectivity index (χ4n) is 13.5. The van der Waals surface area contributed by atoms with Crippen LogP contribution in [0.5, 0.6) is 5.75 Å². The van der Waals surface area contributed by atoms with Crippen LogP contribution in [0.4, 0.5) is 21.0 Å². The van der Waals surface area contributed by atoms with Crippen LogP contribution >= 0.6 is 11.6 Å². The number of ketones is 3. The zero-order valence-electron chi connectivity index (χ0n) is 68.5. The molecule has 3 heterocycles. The van der Waals surface area contributed by atoms with Crippen molar-refractivity contribution in [2.45, 2.75) is 174 Å². The number of nitrogens with one attached hydrogen (secondary N) is 5. The maximum absolute atomic E-state index is 14.5. The molecular weight excluding hydrogens is 1570 g/mol. The summed E-state index contributed by atoms with van der Waals surface area (Å²) in [5, 5.41) is 25.5. The van der Waals surface area contributed by atoms with Gasteiger partial charge in [0.25, 0.3) is 0 Å². The molecule has 3 aliphatic heterocycles. The van der Waals surface area contributed by atoms with Crippen LogP contribution in [0.1, 0.15) is 145 Å². The number of epoxide rings is 1. The van der Waals surface area contributed by atoms with Crippen LogP contribution in [0.25, 0.3) is 0 Å². The molecule has 642 valence electrons. The summed E-state index contributed by atoms with van der Waals surface area (Å²) in [5.74, 6) is -11.6. The van der Waals surface area contributed by atoms with E-state index in [1.807, 2.05) is 13.0 Å². The first-order valence-electron chi connectivity index (χ1n) is 38.5. The Morgan fingerprint density at radius 3 is 2.04 bits per heavy atom. The molecular formula is C81H114ClN7O25S2. The summed E-state index contributed by atoms with van der Waals surface area (Å²) < 4.78 is 101. The third-order valence-corrected chi connectivity index (χ3v) is 24.6. The van der Waals surface area contributed by atoms with Crippen molar-refractivity contribution in [1.82, 2.24) is 26.2 Å². The molecule has 6 N–H and O–H groups in total. The lowest BCUT2D eigenvalue weighted by Gasteiger charge is -2.42. The minimum atomic E-state index is -3.94. The highest BCUT2D eigenvalue weighted by Crippen LogP contribution is 2.49. The summed E-state index contributed by atoms with van der Waals surface area (Å²) in [4.78, 5) is 152. The minimum absolute atomic E-state index is 0.0452. The number of carbonyl (C=O) groups is 11. The number of methoxy groups -OCH3 is 5. The van der Waals surface area contributed by atoms with Gasteiger partial charge in [0, 0.05) is 122 Å². The summed E-state index contributed by atoms with van der Waals surface area (Å²) in [5.41, 5.74) is -0.271. The van der Waals surface area contributed by atoms with Crippen molar-refractivity contribution in [3.05, 3.63) is 112 Å². The first-order chi connectivity index (χ1) is 54.7. The number of halogens is 1. The Kier molecular flexibility index (Phi) is 37.0. The molecule has 0 aliphatic carbocycles. The quantitative estimate of drug-likeness (QED) is 0.0109. The summed E-state index contributed by atoms with van der Waals surface area (Å²) in [6.45, 7) is 11.8. The highest BCUT2D eigenvalue weighted by atomic mass is 35.5. The number of hydrogen-bond acceptors (Lipinski definition) is 25. The Morgan fingerprint density at radius 2 is 1.43 bits per heavy atom. The highest BCUT2D eigenvalue weighted by Gasteiger charge is 2.65. The molecule has 3 aliphatic rings. The Labute approximate surface area is 684 Å². The van der Waals surface area contributed by atoms with Gasteiger partial charge in [0.2, 0.25) is 29.5 Å². The predicted octanol–water partition coefficient (Wildman–Crippen LogP) is 7.03. The highest BCUT2D eigenvalue weighted by molar-refractivity contribution is 7.92. The van der Waals surface area contributed by atoms with Crippen LogP contribution in [0, 0.1) is 29.6 Å². The number of benzene rings is 3. The van der Waals surface area contributed by atoms with E-state index in [0.29, 0.717) is 48.4 Å². The number of allylic oxidation sites excluding steroid dienone is 3. The van der Waals surface area contributed by atoms with Crippen molar-refractivity contribution < 1.29 is 117 Å². The molecule has 0 radical (unpaired) electrons. The lowest BCUT2D eigenvalue weighted by Crippen LogP contribution is -2.63. The number of likely N-dealkylation sites (N-methyl/N-ethyl adjacent to an activating group) is 1. The molecule has 3 aromatic rings.